The fraction of sp³-hybridized carbons (Fsp3) is 0.909. The minimum Gasteiger partial charge on any atom is -0.316 e. The number of nitrogens with zero attached hydrogens (tertiary/aromatic N) is 1. The smallest absolute Gasteiger partial charge is 0.0930 e. The fourth-order valence-electron chi connectivity index (χ4n) is 1.83. The second-order valence-electron chi connectivity index (χ2n) is 3.48. The topological polar surface area (TPSA) is 49.8 Å². The van der Waals surface area contributed by atoms with Crippen LogP contribution in [0.15, 0.2) is 0 Å². The first-order valence-corrected chi connectivity index (χ1v) is 5.48. The van der Waals surface area contributed by atoms with Gasteiger partial charge in [0.05, 0.1) is 12.1 Å². The number of nitrogens with two attached hydrogens (primary N) is 1. The van der Waals surface area contributed by atoms with Crippen molar-refractivity contribution in [3.8, 4) is 6.07 Å². The number of hydrogen-bond acceptors (Lipinski definition) is 2. The second-order valence-corrected chi connectivity index (χ2v) is 3.48. The third-order valence-electron chi connectivity index (χ3n) is 2.48. The molecule has 1 saturated carbocycles. The van der Waals surface area contributed by atoms with E-state index in [4.69, 9.17) is 11.0 Å². The van der Waals surface area contributed by atoms with Crippen LogP contribution in [0.2, 0.25) is 0 Å². The van der Waals surface area contributed by atoms with Gasteiger partial charge in [-0.1, -0.05) is 46.0 Å². The highest BCUT2D eigenvalue weighted by molar-refractivity contribution is 4.88. The van der Waals surface area contributed by atoms with E-state index >= 15 is 0 Å². The summed E-state index contributed by atoms with van der Waals surface area (Å²) in [4.78, 5) is 0. The lowest BCUT2D eigenvalue weighted by atomic mass is 9.85. The van der Waals surface area contributed by atoms with Crippen LogP contribution in [0.1, 0.15) is 53.8 Å². The SMILES string of the molecule is CC.N#CC(N)CC1CCCCC1.[HH]. The molecule has 0 spiro atoms. The van der Waals surface area contributed by atoms with E-state index < -0.39 is 0 Å². The zero-order chi connectivity index (χ0) is 10.1. The first-order valence-electron chi connectivity index (χ1n) is 5.48. The fourth-order valence-corrected chi connectivity index (χ4v) is 1.83. The molecule has 0 aromatic heterocycles. The van der Waals surface area contributed by atoms with Crippen molar-refractivity contribution < 1.29 is 1.43 Å². The molecule has 0 bridgehead atoms. The highest BCUT2D eigenvalue weighted by atomic mass is 14.6. The molecule has 78 valence electrons. The van der Waals surface area contributed by atoms with Gasteiger partial charge in [-0.3, -0.25) is 0 Å². The quantitative estimate of drug-likeness (QED) is 0.717. The molecule has 0 radical (unpaired) electrons. The molecule has 2 nitrogen and oxygen atoms in total. The van der Waals surface area contributed by atoms with Crippen molar-refractivity contribution in [2.24, 2.45) is 11.7 Å². The van der Waals surface area contributed by atoms with Crippen molar-refractivity contribution in [1.29, 1.82) is 5.26 Å². The molecular weight excluding hydrogens is 160 g/mol. The highest BCUT2D eigenvalue weighted by Gasteiger charge is 2.15. The van der Waals surface area contributed by atoms with Gasteiger partial charge < -0.3 is 5.73 Å². The lowest BCUT2D eigenvalue weighted by molar-refractivity contribution is 0.331. The Kier molecular flexibility index (Phi) is 7.73. The van der Waals surface area contributed by atoms with E-state index in [2.05, 4.69) is 6.07 Å². The van der Waals surface area contributed by atoms with E-state index in [0.29, 0.717) is 0 Å². The Labute approximate surface area is 83.6 Å². The molecule has 1 unspecified atom stereocenters. The average Bonchev–Trinajstić information content (AvgIpc) is 2.22. The monoisotopic (exact) mass is 184 g/mol. The molecule has 0 aliphatic heterocycles. The van der Waals surface area contributed by atoms with E-state index in [1.54, 1.807) is 0 Å². The molecule has 1 fully saturated rings. The summed E-state index contributed by atoms with van der Waals surface area (Å²) in [5.74, 6) is 0.735. The number of hydrogen-bond donors (Lipinski definition) is 1. The van der Waals surface area contributed by atoms with Crippen molar-refractivity contribution in [3.05, 3.63) is 0 Å². The van der Waals surface area contributed by atoms with Crippen LogP contribution in [0, 0.1) is 17.2 Å². The lowest BCUT2D eigenvalue weighted by Crippen LogP contribution is -2.22. The van der Waals surface area contributed by atoms with Crippen LogP contribution in [-0.2, 0) is 0 Å². The van der Waals surface area contributed by atoms with Gasteiger partial charge in [0.25, 0.3) is 0 Å². The minimum atomic E-state index is -0.224. The molecule has 0 aromatic carbocycles. The predicted molar refractivity (Wildman–Crippen MR) is 58.2 cm³/mol. The summed E-state index contributed by atoms with van der Waals surface area (Å²) >= 11 is 0. The van der Waals surface area contributed by atoms with Gasteiger partial charge >= 0.3 is 0 Å². The summed E-state index contributed by atoms with van der Waals surface area (Å²) in [6.45, 7) is 4.00. The summed E-state index contributed by atoms with van der Waals surface area (Å²) < 4.78 is 0. The zero-order valence-electron chi connectivity index (χ0n) is 8.92. The van der Waals surface area contributed by atoms with Crippen molar-refractivity contribution in [2.45, 2.75) is 58.4 Å². The molecule has 2 heteroatoms. The van der Waals surface area contributed by atoms with Crippen molar-refractivity contribution in [1.82, 2.24) is 0 Å². The van der Waals surface area contributed by atoms with E-state index in [0.717, 1.165) is 12.3 Å². The molecule has 0 aromatic rings. The van der Waals surface area contributed by atoms with Gasteiger partial charge in [0.1, 0.15) is 0 Å². The molecule has 2 N–H and O–H groups in total. The van der Waals surface area contributed by atoms with Gasteiger partial charge in [0, 0.05) is 1.43 Å². The van der Waals surface area contributed by atoms with Crippen LogP contribution >= 0.6 is 0 Å². The third kappa shape index (κ3) is 5.65. The number of nitriles is 1. The maximum Gasteiger partial charge on any atom is 0.0930 e. The van der Waals surface area contributed by atoms with E-state index in [1.807, 2.05) is 13.8 Å². The van der Waals surface area contributed by atoms with Gasteiger partial charge in [-0.15, -0.1) is 0 Å². The molecule has 1 aliphatic carbocycles. The Bertz CT molecular complexity index is 148. The maximum absolute atomic E-state index is 8.49. The Morgan fingerprint density at radius 3 is 2.38 bits per heavy atom. The van der Waals surface area contributed by atoms with E-state index in [9.17, 15) is 0 Å². The summed E-state index contributed by atoms with van der Waals surface area (Å²) in [7, 11) is 0. The summed E-state index contributed by atoms with van der Waals surface area (Å²) in [6.07, 6.45) is 7.53. The normalized spacial score (nSPS) is 19.5. The minimum absolute atomic E-state index is 0. The molecule has 1 aliphatic rings. The summed E-state index contributed by atoms with van der Waals surface area (Å²) in [5, 5.41) is 8.49. The Hall–Kier alpha value is -0.550. The van der Waals surface area contributed by atoms with Crippen LogP contribution in [0.4, 0.5) is 0 Å². The van der Waals surface area contributed by atoms with Crippen LogP contribution < -0.4 is 5.73 Å². The van der Waals surface area contributed by atoms with Crippen molar-refractivity contribution in [2.75, 3.05) is 0 Å². The van der Waals surface area contributed by atoms with Crippen LogP contribution in [0.5, 0.6) is 0 Å². The molecule has 1 atom stereocenters. The average molecular weight is 184 g/mol. The summed E-state index contributed by atoms with van der Waals surface area (Å²) in [6, 6.07) is 1.87. The number of rotatable bonds is 2. The summed E-state index contributed by atoms with van der Waals surface area (Å²) in [5.41, 5.74) is 5.54. The third-order valence-corrected chi connectivity index (χ3v) is 2.48. The Morgan fingerprint density at radius 2 is 1.92 bits per heavy atom. The predicted octanol–water partition coefficient (Wildman–Crippen LogP) is 3.08. The molecule has 0 amide bonds. The maximum atomic E-state index is 8.49. The van der Waals surface area contributed by atoms with Gasteiger partial charge in [-0.05, 0) is 12.3 Å². The standard InChI is InChI=1S/C9H16N2.C2H6.H2/c10-7-9(11)6-8-4-2-1-3-5-8;1-2;/h8-9H,1-6,11H2;1-2H3;1H. The van der Waals surface area contributed by atoms with E-state index in [1.165, 1.54) is 32.1 Å². The molecule has 0 heterocycles. The highest BCUT2D eigenvalue weighted by Crippen LogP contribution is 2.26. The second kappa shape index (κ2) is 8.07. The van der Waals surface area contributed by atoms with Crippen LogP contribution in [0.3, 0.4) is 0 Å². The first-order chi connectivity index (χ1) is 6.33. The largest absolute Gasteiger partial charge is 0.316 e. The van der Waals surface area contributed by atoms with E-state index in [-0.39, 0.29) is 7.47 Å². The Balaban J connectivity index is 0. The molecular formula is C11H24N2. The molecule has 13 heavy (non-hydrogen) atoms. The molecule has 1 rings (SSSR count). The zero-order valence-corrected chi connectivity index (χ0v) is 8.92. The molecule has 0 saturated heterocycles. The van der Waals surface area contributed by atoms with Gasteiger partial charge in [-0.25, -0.2) is 0 Å². The lowest BCUT2D eigenvalue weighted by Gasteiger charge is -2.21. The van der Waals surface area contributed by atoms with Gasteiger partial charge in [0.2, 0.25) is 0 Å². The van der Waals surface area contributed by atoms with Crippen LogP contribution in [0.25, 0.3) is 0 Å². The van der Waals surface area contributed by atoms with Crippen molar-refractivity contribution in [3.63, 3.8) is 0 Å². The van der Waals surface area contributed by atoms with Gasteiger partial charge in [-0.2, -0.15) is 5.26 Å². The first kappa shape index (κ1) is 12.4. The van der Waals surface area contributed by atoms with Gasteiger partial charge in [0.15, 0.2) is 0 Å². The van der Waals surface area contributed by atoms with Crippen LogP contribution in [-0.4, -0.2) is 6.04 Å². The van der Waals surface area contributed by atoms with Crippen molar-refractivity contribution >= 4 is 0 Å². The Morgan fingerprint density at radius 1 is 1.38 bits per heavy atom.